The molecule has 25 heavy (non-hydrogen) atoms. The number of benzene rings is 1. The molecule has 0 atom stereocenters. The summed E-state index contributed by atoms with van der Waals surface area (Å²) in [5.41, 5.74) is 0.432. The summed E-state index contributed by atoms with van der Waals surface area (Å²) in [5, 5.41) is 11.7. The van der Waals surface area contributed by atoms with Crippen LogP contribution in [0, 0.1) is 20.0 Å². The summed E-state index contributed by atoms with van der Waals surface area (Å²) in [6.45, 7) is 6.67. The first-order valence-electron chi connectivity index (χ1n) is 9.45. The molecule has 1 rings (SSSR count). The van der Waals surface area contributed by atoms with Gasteiger partial charge in [0, 0.05) is 0 Å². The average molecular weight is 471 g/mol. The fourth-order valence-electron chi connectivity index (χ4n) is 3.09. The minimum atomic E-state index is -2.64. The molecule has 0 bridgehead atoms. The monoisotopic (exact) mass is 471 g/mol. The molecule has 0 radical (unpaired) electrons. The zero-order chi connectivity index (χ0) is 18.7. The van der Waals surface area contributed by atoms with E-state index in [4.69, 9.17) is 11.6 Å². The predicted octanol–water partition coefficient (Wildman–Crippen LogP) is 6.99. The van der Waals surface area contributed by atoms with Gasteiger partial charge in [0.05, 0.1) is 0 Å². The van der Waals surface area contributed by atoms with Gasteiger partial charge < -0.3 is 0 Å². The molecule has 0 spiro atoms. The number of rotatable bonds is 10. The molecule has 0 aliphatic heterocycles. The van der Waals surface area contributed by atoms with Crippen molar-refractivity contribution in [3.05, 3.63) is 38.9 Å². The van der Waals surface area contributed by atoms with Crippen LogP contribution in [-0.4, -0.2) is 23.3 Å². The van der Waals surface area contributed by atoms with Gasteiger partial charge in [-0.25, -0.2) is 0 Å². The van der Waals surface area contributed by atoms with Gasteiger partial charge in [-0.1, -0.05) is 0 Å². The molecule has 0 fully saturated rings. The molecule has 138 valence electrons. The van der Waals surface area contributed by atoms with Gasteiger partial charge in [0.25, 0.3) is 0 Å². The normalized spacial score (nSPS) is 11.0. The molecule has 0 amide bonds. The number of hydrogen-bond donors (Lipinski definition) is 0. The molecule has 0 aliphatic carbocycles. The summed E-state index contributed by atoms with van der Waals surface area (Å²) < 4.78 is 7.44. The number of hydrogen-bond acceptors (Lipinski definition) is 2. The van der Waals surface area contributed by atoms with Crippen LogP contribution < -0.4 is 0 Å². The molecule has 0 unspecified atom stereocenters. The van der Waals surface area contributed by atoms with E-state index < -0.39 is 18.4 Å². The minimum absolute atomic E-state index is 0.0293. The van der Waals surface area contributed by atoms with Gasteiger partial charge in [-0.05, 0) is 0 Å². The number of nitro benzene ring substituents is 1. The van der Waals surface area contributed by atoms with Crippen LogP contribution in [0.25, 0.3) is 0 Å². The Morgan fingerprint density at radius 3 is 2.00 bits per heavy atom. The summed E-state index contributed by atoms with van der Waals surface area (Å²) in [5.74, 6) is 3.20. The van der Waals surface area contributed by atoms with Crippen LogP contribution in [0.2, 0.25) is 18.3 Å². The van der Waals surface area contributed by atoms with Crippen molar-refractivity contribution in [3.63, 3.8) is 0 Å². The van der Waals surface area contributed by atoms with E-state index in [1.807, 2.05) is 0 Å². The van der Waals surface area contributed by atoms with Crippen molar-refractivity contribution in [2.45, 2.75) is 72.6 Å². The van der Waals surface area contributed by atoms with Crippen LogP contribution in [0.4, 0.5) is 5.69 Å². The summed E-state index contributed by atoms with van der Waals surface area (Å²) in [4.78, 5) is 10.9. The molecule has 0 heterocycles. The van der Waals surface area contributed by atoms with Crippen LogP contribution in [0.15, 0.2) is 18.2 Å². The van der Waals surface area contributed by atoms with Gasteiger partial charge in [-0.3, -0.25) is 0 Å². The van der Waals surface area contributed by atoms with Crippen LogP contribution in [0.3, 0.4) is 0 Å². The molecule has 0 aliphatic rings. The van der Waals surface area contributed by atoms with Gasteiger partial charge in [-0.2, -0.15) is 0 Å². The Kier molecular flexibility index (Phi) is 10.5. The summed E-state index contributed by atoms with van der Waals surface area (Å²) >= 11 is 3.60. The first-order chi connectivity index (χ1) is 12.0. The van der Waals surface area contributed by atoms with E-state index in [1.165, 1.54) is 57.9 Å². The van der Waals surface area contributed by atoms with Crippen LogP contribution in [0.5, 0.6) is 0 Å². The zero-order valence-electron chi connectivity index (χ0n) is 15.7. The standard InChI is InChI=1S/C8H3ClNO2.3C4H9.Sn/c1-2-6-7(9)4-3-5-8(6)10(11)12;3*1-3-4-2;/h3-5H;3*1,3-4H2,2H3;. The van der Waals surface area contributed by atoms with Gasteiger partial charge in [-0.15, -0.1) is 0 Å². The Bertz CT molecular complexity index is 600. The fraction of sp³-hybridized carbons (Fsp3) is 0.600. The third kappa shape index (κ3) is 7.19. The molecule has 1 aromatic carbocycles. The van der Waals surface area contributed by atoms with Gasteiger partial charge in [0.2, 0.25) is 0 Å². The number of halogens is 1. The van der Waals surface area contributed by atoms with Crippen molar-refractivity contribution in [1.29, 1.82) is 0 Å². The average Bonchev–Trinajstić information content (AvgIpc) is 2.61. The maximum atomic E-state index is 11.3. The second-order valence-electron chi connectivity index (χ2n) is 6.73. The topological polar surface area (TPSA) is 43.1 Å². The molecule has 0 aromatic heterocycles. The summed E-state index contributed by atoms with van der Waals surface area (Å²) in [7, 11) is 0. The molecule has 3 nitrogen and oxygen atoms in total. The van der Waals surface area contributed by atoms with Crippen LogP contribution in [0.1, 0.15) is 64.9 Å². The van der Waals surface area contributed by atoms with Gasteiger partial charge >= 0.3 is 162 Å². The Labute approximate surface area is 161 Å². The van der Waals surface area contributed by atoms with E-state index in [1.54, 1.807) is 12.1 Å². The third-order valence-electron chi connectivity index (χ3n) is 4.67. The first-order valence-corrected chi connectivity index (χ1v) is 17.3. The second kappa shape index (κ2) is 11.8. The van der Waals surface area contributed by atoms with E-state index >= 15 is 0 Å². The van der Waals surface area contributed by atoms with Crippen molar-refractivity contribution in [2.24, 2.45) is 0 Å². The summed E-state index contributed by atoms with van der Waals surface area (Å²) in [6, 6.07) is 4.81. The zero-order valence-corrected chi connectivity index (χ0v) is 19.3. The Hall–Kier alpha value is -0.731. The molecule has 0 saturated heterocycles. The Morgan fingerprint density at radius 1 is 1.04 bits per heavy atom. The molecular weight excluding hydrogens is 440 g/mol. The Balaban J connectivity index is 3.28. The van der Waals surface area contributed by atoms with Gasteiger partial charge in [0.15, 0.2) is 0 Å². The van der Waals surface area contributed by atoms with Crippen molar-refractivity contribution in [1.82, 2.24) is 0 Å². The molecule has 0 saturated carbocycles. The number of nitrogens with zero attached hydrogens (tertiary/aromatic N) is 1. The number of unbranched alkanes of at least 4 members (excludes halogenated alkanes) is 3. The SMILES string of the molecule is CCC[CH2][Sn]([C]#Cc1c(Cl)cccc1[N+](=O)[O-])([CH2]CCC)[CH2]CCC. The second-order valence-corrected chi connectivity index (χ2v) is 19.4. The van der Waals surface area contributed by atoms with E-state index in [-0.39, 0.29) is 10.6 Å². The number of nitro groups is 1. The van der Waals surface area contributed by atoms with E-state index in [0.717, 1.165) is 0 Å². The van der Waals surface area contributed by atoms with Crippen molar-refractivity contribution < 1.29 is 4.92 Å². The molecule has 5 heteroatoms. The van der Waals surface area contributed by atoms with E-state index in [0.29, 0.717) is 10.6 Å². The molecule has 1 aromatic rings. The van der Waals surface area contributed by atoms with Crippen LogP contribution >= 0.6 is 11.6 Å². The van der Waals surface area contributed by atoms with Gasteiger partial charge in [0.1, 0.15) is 0 Å². The maximum absolute atomic E-state index is 11.3. The fourth-order valence-corrected chi connectivity index (χ4v) is 16.5. The quantitative estimate of drug-likeness (QED) is 0.160. The van der Waals surface area contributed by atoms with E-state index in [9.17, 15) is 10.1 Å². The van der Waals surface area contributed by atoms with Crippen LogP contribution in [-0.2, 0) is 0 Å². The first kappa shape index (κ1) is 22.3. The molecule has 0 N–H and O–H groups in total. The van der Waals surface area contributed by atoms with E-state index in [2.05, 4.69) is 30.6 Å². The van der Waals surface area contributed by atoms with Crippen molar-refractivity contribution in [3.8, 4) is 9.86 Å². The molecular formula is C20H30ClNO2Sn. The predicted molar refractivity (Wildman–Crippen MR) is 110 cm³/mol. The Morgan fingerprint density at radius 2 is 1.56 bits per heavy atom. The van der Waals surface area contributed by atoms with Crippen molar-refractivity contribution >= 4 is 35.7 Å². The third-order valence-corrected chi connectivity index (χ3v) is 18.1. The van der Waals surface area contributed by atoms with Crippen molar-refractivity contribution in [2.75, 3.05) is 0 Å². The summed E-state index contributed by atoms with van der Waals surface area (Å²) in [6.07, 6.45) is 7.23.